The molecule has 2 rings (SSSR count). The largest absolute Gasteiger partial charge is 0.477 e. The van der Waals surface area contributed by atoms with Crippen LogP contribution in [0.25, 0.3) is 0 Å². The van der Waals surface area contributed by atoms with Gasteiger partial charge in [-0.1, -0.05) is 6.07 Å². The van der Waals surface area contributed by atoms with Gasteiger partial charge < -0.3 is 9.84 Å². The molecular formula is C12H7BrFNO3. The fraction of sp³-hybridized carbons (Fsp3) is 0. The van der Waals surface area contributed by atoms with Crippen molar-refractivity contribution in [1.82, 2.24) is 4.98 Å². The van der Waals surface area contributed by atoms with Gasteiger partial charge in [-0.3, -0.25) is 4.98 Å². The molecule has 0 spiro atoms. The SMILES string of the molecule is O=C(O)c1c(F)cccc1Oc1cncc(Br)c1. The van der Waals surface area contributed by atoms with Gasteiger partial charge in [0.1, 0.15) is 22.9 Å². The summed E-state index contributed by atoms with van der Waals surface area (Å²) in [6.45, 7) is 0. The fourth-order valence-electron chi connectivity index (χ4n) is 1.37. The van der Waals surface area contributed by atoms with Crippen LogP contribution in [0.4, 0.5) is 4.39 Å². The zero-order chi connectivity index (χ0) is 13.1. The second kappa shape index (κ2) is 5.14. The van der Waals surface area contributed by atoms with E-state index in [1.54, 1.807) is 12.3 Å². The first kappa shape index (κ1) is 12.5. The number of benzene rings is 1. The molecule has 2 aromatic rings. The Morgan fingerprint density at radius 1 is 1.39 bits per heavy atom. The lowest BCUT2D eigenvalue weighted by Crippen LogP contribution is -2.03. The molecule has 92 valence electrons. The van der Waals surface area contributed by atoms with E-state index < -0.39 is 17.3 Å². The summed E-state index contributed by atoms with van der Waals surface area (Å²) < 4.78 is 19.4. The van der Waals surface area contributed by atoms with Crippen LogP contribution in [0.15, 0.2) is 41.1 Å². The van der Waals surface area contributed by atoms with Gasteiger partial charge >= 0.3 is 5.97 Å². The molecule has 0 amide bonds. The van der Waals surface area contributed by atoms with Crippen LogP contribution >= 0.6 is 15.9 Å². The molecule has 18 heavy (non-hydrogen) atoms. The highest BCUT2D eigenvalue weighted by Gasteiger charge is 2.17. The lowest BCUT2D eigenvalue weighted by atomic mass is 10.2. The van der Waals surface area contributed by atoms with Crippen molar-refractivity contribution in [3.05, 3.63) is 52.5 Å². The maximum Gasteiger partial charge on any atom is 0.342 e. The third kappa shape index (κ3) is 2.65. The topological polar surface area (TPSA) is 59.4 Å². The van der Waals surface area contributed by atoms with E-state index in [9.17, 15) is 9.18 Å². The number of aromatic nitrogens is 1. The Balaban J connectivity index is 2.40. The highest BCUT2D eigenvalue weighted by Crippen LogP contribution is 2.28. The van der Waals surface area contributed by atoms with Crippen molar-refractivity contribution < 1.29 is 19.0 Å². The van der Waals surface area contributed by atoms with Crippen LogP contribution in [0, 0.1) is 5.82 Å². The van der Waals surface area contributed by atoms with Gasteiger partial charge in [0.15, 0.2) is 0 Å². The van der Waals surface area contributed by atoms with Crippen LogP contribution < -0.4 is 4.74 Å². The van der Waals surface area contributed by atoms with Gasteiger partial charge in [0.2, 0.25) is 0 Å². The second-order valence-electron chi connectivity index (χ2n) is 3.36. The van der Waals surface area contributed by atoms with Gasteiger partial charge in [-0.15, -0.1) is 0 Å². The monoisotopic (exact) mass is 311 g/mol. The third-order valence-electron chi connectivity index (χ3n) is 2.10. The number of halogens is 2. The summed E-state index contributed by atoms with van der Waals surface area (Å²) in [5.41, 5.74) is -0.502. The van der Waals surface area contributed by atoms with Crippen LogP contribution in [0.5, 0.6) is 11.5 Å². The second-order valence-corrected chi connectivity index (χ2v) is 4.27. The number of ether oxygens (including phenoxy) is 1. The molecule has 0 saturated carbocycles. The first-order valence-corrected chi connectivity index (χ1v) is 5.67. The minimum absolute atomic E-state index is 0.0672. The van der Waals surface area contributed by atoms with Gasteiger partial charge in [0, 0.05) is 10.7 Å². The molecular weight excluding hydrogens is 305 g/mol. The van der Waals surface area contributed by atoms with Gasteiger partial charge in [-0.05, 0) is 34.1 Å². The van der Waals surface area contributed by atoms with Gasteiger partial charge in [-0.2, -0.15) is 0 Å². The van der Waals surface area contributed by atoms with Crippen LogP contribution in [0.1, 0.15) is 10.4 Å². The van der Waals surface area contributed by atoms with E-state index in [0.717, 1.165) is 6.07 Å². The maximum absolute atomic E-state index is 13.4. The van der Waals surface area contributed by atoms with Crippen molar-refractivity contribution in [3.8, 4) is 11.5 Å². The number of carboxylic acid groups (broad SMARTS) is 1. The van der Waals surface area contributed by atoms with Gasteiger partial charge in [0.05, 0.1) is 6.20 Å². The standard InChI is InChI=1S/C12H7BrFNO3/c13-7-4-8(6-15-5-7)18-10-3-1-2-9(14)11(10)12(16)17/h1-6H,(H,16,17). The number of aromatic carboxylic acids is 1. The average Bonchev–Trinajstić information content (AvgIpc) is 2.28. The number of hydrogen-bond donors (Lipinski definition) is 1. The summed E-state index contributed by atoms with van der Waals surface area (Å²) in [6, 6.07) is 5.43. The van der Waals surface area contributed by atoms with Crippen LogP contribution in [-0.4, -0.2) is 16.1 Å². The molecule has 1 aromatic carbocycles. The molecule has 0 radical (unpaired) electrons. The Kier molecular flexibility index (Phi) is 3.57. The van der Waals surface area contributed by atoms with Crippen molar-refractivity contribution in [1.29, 1.82) is 0 Å². The molecule has 0 atom stereocenters. The number of carboxylic acids is 1. The zero-order valence-electron chi connectivity index (χ0n) is 8.93. The van der Waals surface area contributed by atoms with Crippen molar-refractivity contribution >= 4 is 21.9 Å². The Morgan fingerprint density at radius 3 is 2.83 bits per heavy atom. The lowest BCUT2D eigenvalue weighted by molar-refractivity contribution is 0.0689. The molecule has 1 heterocycles. The summed E-state index contributed by atoms with van der Waals surface area (Å²) in [5.74, 6) is -1.98. The molecule has 1 N–H and O–H groups in total. The van der Waals surface area contributed by atoms with Crippen molar-refractivity contribution in [2.45, 2.75) is 0 Å². The molecule has 0 unspecified atom stereocenters. The Hall–Kier alpha value is -1.95. The van der Waals surface area contributed by atoms with Gasteiger partial charge in [-0.25, -0.2) is 9.18 Å². The molecule has 4 nitrogen and oxygen atoms in total. The zero-order valence-corrected chi connectivity index (χ0v) is 10.5. The van der Waals surface area contributed by atoms with E-state index in [4.69, 9.17) is 9.84 Å². The first-order chi connectivity index (χ1) is 8.58. The van der Waals surface area contributed by atoms with Crippen LogP contribution in [0.2, 0.25) is 0 Å². The highest BCUT2D eigenvalue weighted by atomic mass is 79.9. The predicted octanol–water partition coefficient (Wildman–Crippen LogP) is 3.47. The summed E-state index contributed by atoms with van der Waals surface area (Å²) >= 11 is 3.20. The molecule has 0 bridgehead atoms. The van der Waals surface area contributed by atoms with E-state index in [-0.39, 0.29) is 5.75 Å². The fourth-order valence-corrected chi connectivity index (χ4v) is 1.72. The van der Waals surface area contributed by atoms with Crippen molar-refractivity contribution in [2.75, 3.05) is 0 Å². The summed E-state index contributed by atoms with van der Waals surface area (Å²) in [6.07, 6.45) is 2.96. The van der Waals surface area contributed by atoms with Gasteiger partial charge in [0.25, 0.3) is 0 Å². The number of rotatable bonds is 3. The summed E-state index contributed by atoms with van der Waals surface area (Å²) in [7, 11) is 0. The Bertz CT molecular complexity index is 604. The summed E-state index contributed by atoms with van der Waals surface area (Å²) in [4.78, 5) is 14.8. The molecule has 6 heteroatoms. The van der Waals surface area contributed by atoms with E-state index in [1.807, 2.05) is 0 Å². The molecule has 0 fully saturated rings. The predicted molar refractivity (Wildman–Crippen MR) is 65.4 cm³/mol. The van der Waals surface area contributed by atoms with E-state index in [1.165, 1.54) is 18.3 Å². The Labute approximate surface area is 110 Å². The van der Waals surface area contributed by atoms with Crippen molar-refractivity contribution in [3.63, 3.8) is 0 Å². The molecule has 1 aromatic heterocycles. The van der Waals surface area contributed by atoms with E-state index >= 15 is 0 Å². The molecule has 0 aliphatic carbocycles. The molecule has 0 aliphatic rings. The van der Waals surface area contributed by atoms with Crippen molar-refractivity contribution in [2.24, 2.45) is 0 Å². The average molecular weight is 312 g/mol. The molecule has 0 saturated heterocycles. The highest BCUT2D eigenvalue weighted by molar-refractivity contribution is 9.10. The maximum atomic E-state index is 13.4. The normalized spacial score (nSPS) is 10.1. The van der Waals surface area contributed by atoms with Crippen LogP contribution in [0.3, 0.4) is 0 Å². The van der Waals surface area contributed by atoms with Crippen LogP contribution in [-0.2, 0) is 0 Å². The number of nitrogens with zero attached hydrogens (tertiary/aromatic N) is 1. The quantitative estimate of drug-likeness (QED) is 0.943. The first-order valence-electron chi connectivity index (χ1n) is 4.88. The lowest BCUT2D eigenvalue weighted by Gasteiger charge is -2.08. The minimum Gasteiger partial charge on any atom is -0.477 e. The number of hydrogen-bond acceptors (Lipinski definition) is 3. The number of carbonyl (C=O) groups is 1. The summed E-state index contributed by atoms with van der Waals surface area (Å²) in [5, 5.41) is 8.93. The van der Waals surface area contributed by atoms with E-state index in [2.05, 4.69) is 20.9 Å². The number of pyridine rings is 1. The third-order valence-corrected chi connectivity index (χ3v) is 2.53. The van der Waals surface area contributed by atoms with E-state index in [0.29, 0.717) is 10.2 Å². The Morgan fingerprint density at radius 2 is 2.17 bits per heavy atom. The smallest absolute Gasteiger partial charge is 0.342 e. The molecule has 0 aliphatic heterocycles. The minimum atomic E-state index is -1.38.